The van der Waals surface area contributed by atoms with Gasteiger partial charge in [0, 0.05) is 23.7 Å². The molecule has 22 heavy (non-hydrogen) atoms. The van der Waals surface area contributed by atoms with Crippen molar-refractivity contribution in [3.8, 4) is 11.4 Å². The molecule has 0 unspecified atom stereocenters. The van der Waals surface area contributed by atoms with Crippen molar-refractivity contribution in [2.24, 2.45) is 11.7 Å². The van der Waals surface area contributed by atoms with Crippen molar-refractivity contribution in [3.05, 3.63) is 30.1 Å². The van der Waals surface area contributed by atoms with Crippen LogP contribution in [0.2, 0.25) is 0 Å². The Morgan fingerprint density at radius 1 is 1.36 bits per heavy atom. The van der Waals surface area contributed by atoms with Crippen LogP contribution in [0.1, 0.15) is 31.5 Å². The second-order valence-corrected chi connectivity index (χ2v) is 5.93. The van der Waals surface area contributed by atoms with E-state index in [4.69, 9.17) is 5.73 Å². The van der Waals surface area contributed by atoms with Crippen LogP contribution in [0.25, 0.3) is 11.4 Å². The smallest absolute Gasteiger partial charge is 0.224 e. The predicted molar refractivity (Wildman–Crippen MR) is 85.1 cm³/mol. The van der Waals surface area contributed by atoms with Crippen LogP contribution in [0.4, 0.5) is 5.69 Å². The van der Waals surface area contributed by atoms with Crippen LogP contribution in [0.3, 0.4) is 0 Å². The highest BCUT2D eigenvalue weighted by molar-refractivity contribution is 5.91. The van der Waals surface area contributed by atoms with Crippen molar-refractivity contribution in [2.45, 2.75) is 38.6 Å². The van der Waals surface area contributed by atoms with Crippen LogP contribution in [0, 0.1) is 12.8 Å². The summed E-state index contributed by atoms with van der Waals surface area (Å²) in [5.74, 6) is 1.78. The summed E-state index contributed by atoms with van der Waals surface area (Å²) in [7, 11) is 0. The number of hydrogen-bond acceptors (Lipinski definition) is 4. The average Bonchev–Trinajstić information content (AvgIpc) is 3.09. The second-order valence-electron chi connectivity index (χ2n) is 5.93. The van der Waals surface area contributed by atoms with Gasteiger partial charge in [-0.2, -0.15) is 5.10 Å². The Hall–Kier alpha value is -2.21. The van der Waals surface area contributed by atoms with Crippen LogP contribution in [-0.4, -0.2) is 27.1 Å². The summed E-state index contributed by atoms with van der Waals surface area (Å²) in [6.07, 6.45) is 3.72. The zero-order valence-corrected chi connectivity index (χ0v) is 12.7. The minimum absolute atomic E-state index is 0.0313. The molecule has 1 aromatic carbocycles. The average molecular weight is 299 g/mol. The minimum Gasteiger partial charge on any atom is -0.327 e. The van der Waals surface area contributed by atoms with E-state index < -0.39 is 0 Å². The van der Waals surface area contributed by atoms with E-state index in [0.29, 0.717) is 18.2 Å². The molecule has 2 atom stereocenters. The largest absolute Gasteiger partial charge is 0.327 e. The summed E-state index contributed by atoms with van der Waals surface area (Å²) in [5, 5.41) is 9.86. The molecule has 2 aromatic rings. The molecule has 0 aliphatic heterocycles. The van der Waals surface area contributed by atoms with Crippen molar-refractivity contribution in [1.82, 2.24) is 15.2 Å². The maximum Gasteiger partial charge on any atom is 0.224 e. The van der Waals surface area contributed by atoms with Crippen molar-refractivity contribution in [1.29, 1.82) is 0 Å². The molecular weight excluding hydrogens is 278 g/mol. The van der Waals surface area contributed by atoms with Gasteiger partial charge in [-0.25, -0.2) is 4.98 Å². The topological polar surface area (TPSA) is 96.7 Å². The molecule has 4 N–H and O–H groups in total. The minimum atomic E-state index is 0.0313. The van der Waals surface area contributed by atoms with Gasteiger partial charge >= 0.3 is 0 Å². The van der Waals surface area contributed by atoms with Crippen LogP contribution in [-0.2, 0) is 4.79 Å². The zero-order valence-electron chi connectivity index (χ0n) is 12.7. The fraction of sp³-hybridized carbons (Fsp3) is 0.438. The number of aromatic nitrogens is 3. The van der Waals surface area contributed by atoms with Crippen molar-refractivity contribution >= 4 is 11.6 Å². The molecule has 0 spiro atoms. The van der Waals surface area contributed by atoms with E-state index in [1.54, 1.807) is 0 Å². The van der Waals surface area contributed by atoms with Gasteiger partial charge in [-0.3, -0.25) is 9.89 Å². The van der Waals surface area contributed by atoms with Crippen LogP contribution in [0.15, 0.2) is 24.3 Å². The molecule has 1 saturated carbocycles. The molecule has 1 aromatic heterocycles. The summed E-state index contributed by atoms with van der Waals surface area (Å²) in [4.78, 5) is 16.4. The third kappa shape index (κ3) is 3.33. The number of nitrogens with two attached hydrogens (primary N) is 1. The van der Waals surface area contributed by atoms with Crippen LogP contribution < -0.4 is 11.1 Å². The third-order valence-electron chi connectivity index (χ3n) is 4.19. The Morgan fingerprint density at radius 2 is 2.14 bits per heavy atom. The fourth-order valence-electron chi connectivity index (χ4n) is 2.94. The monoisotopic (exact) mass is 299 g/mol. The molecule has 1 fully saturated rings. The van der Waals surface area contributed by atoms with Gasteiger partial charge in [-0.05, 0) is 49.9 Å². The maximum absolute atomic E-state index is 12.1. The lowest BCUT2D eigenvalue weighted by atomic mass is 10.00. The number of carbonyl (C=O) groups excluding carboxylic acids is 1. The molecule has 0 radical (unpaired) electrons. The SMILES string of the molecule is Cc1nc(-c2ccc(NC(=O)C[C@@H]3CCC[C@H]3N)cc2)n[nH]1. The molecule has 1 aliphatic rings. The highest BCUT2D eigenvalue weighted by Gasteiger charge is 2.25. The maximum atomic E-state index is 12.1. The molecule has 0 saturated heterocycles. The van der Waals surface area contributed by atoms with Gasteiger partial charge < -0.3 is 11.1 Å². The lowest BCUT2D eigenvalue weighted by Crippen LogP contribution is -2.28. The lowest BCUT2D eigenvalue weighted by Gasteiger charge is -2.14. The number of aryl methyl sites for hydroxylation is 1. The Bertz CT molecular complexity index is 649. The third-order valence-corrected chi connectivity index (χ3v) is 4.19. The first kappa shape index (κ1) is 14.7. The number of nitrogens with one attached hydrogen (secondary N) is 2. The van der Waals surface area contributed by atoms with Gasteiger partial charge in [0.1, 0.15) is 5.82 Å². The summed E-state index contributed by atoms with van der Waals surface area (Å²) in [6.45, 7) is 1.86. The van der Waals surface area contributed by atoms with Crippen LogP contribution in [0.5, 0.6) is 0 Å². The second kappa shape index (κ2) is 6.27. The van der Waals surface area contributed by atoms with Crippen molar-refractivity contribution in [2.75, 3.05) is 5.32 Å². The Morgan fingerprint density at radius 3 is 2.73 bits per heavy atom. The van der Waals surface area contributed by atoms with E-state index in [0.717, 1.165) is 36.3 Å². The number of H-pyrrole nitrogens is 1. The lowest BCUT2D eigenvalue weighted by molar-refractivity contribution is -0.117. The van der Waals surface area contributed by atoms with Gasteiger partial charge in [0.25, 0.3) is 0 Å². The van der Waals surface area contributed by atoms with Gasteiger partial charge in [0.2, 0.25) is 5.91 Å². The number of rotatable bonds is 4. The molecule has 0 bridgehead atoms. The summed E-state index contributed by atoms with van der Waals surface area (Å²) < 4.78 is 0. The number of hydrogen-bond donors (Lipinski definition) is 3. The van der Waals surface area contributed by atoms with Crippen molar-refractivity contribution in [3.63, 3.8) is 0 Å². The quantitative estimate of drug-likeness (QED) is 0.806. The number of carbonyl (C=O) groups is 1. The number of anilines is 1. The van der Waals surface area contributed by atoms with E-state index in [1.165, 1.54) is 0 Å². The molecule has 1 aliphatic carbocycles. The van der Waals surface area contributed by atoms with E-state index in [2.05, 4.69) is 20.5 Å². The van der Waals surface area contributed by atoms with E-state index in [-0.39, 0.29) is 11.9 Å². The Labute approximate surface area is 129 Å². The van der Waals surface area contributed by atoms with E-state index >= 15 is 0 Å². The number of nitrogens with zero attached hydrogens (tertiary/aromatic N) is 2. The first-order valence-electron chi connectivity index (χ1n) is 7.66. The fourth-order valence-corrected chi connectivity index (χ4v) is 2.94. The number of aromatic amines is 1. The Balaban J connectivity index is 1.60. The molecule has 1 heterocycles. The standard InChI is InChI=1S/C16H21N5O/c1-10-18-16(21-20-10)11-5-7-13(8-6-11)19-15(22)9-12-3-2-4-14(12)17/h5-8,12,14H,2-4,9,17H2,1H3,(H,19,22)(H,18,20,21)/t12-,14+/m0/s1. The van der Waals surface area contributed by atoms with Gasteiger partial charge in [0.15, 0.2) is 5.82 Å². The highest BCUT2D eigenvalue weighted by atomic mass is 16.1. The Kier molecular flexibility index (Phi) is 4.20. The predicted octanol–water partition coefficient (Wildman–Crippen LogP) is 2.24. The van der Waals surface area contributed by atoms with E-state index in [1.807, 2.05) is 31.2 Å². The molecule has 6 heteroatoms. The van der Waals surface area contributed by atoms with Gasteiger partial charge in [-0.15, -0.1) is 0 Å². The van der Waals surface area contributed by atoms with Gasteiger partial charge in [-0.1, -0.05) is 6.42 Å². The summed E-state index contributed by atoms with van der Waals surface area (Å²) in [6, 6.07) is 7.71. The molecule has 6 nitrogen and oxygen atoms in total. The normalized spacial score (nSPS) is 21.0. The molecule has 3 rings (SSSR count). The van der Waals surface area contributed by atoms with Crippen LogP contribution >= 0.6 is 0 Å². The van der Waals surface area contributed by atoms with E-state index in [9.17, 15) is 4.79 Å². The number of benzene rings is 1. The van der Waals surface area contributed by atoms with Crippen molar-refractivity contribution < 1.29 is 4.79 Å². The first-order valence-corrected chi connectivity index (χ1v) is 7.66. The summed E-state index contributed by atoms with van der Waals surface area (Å²) >= 11 is 0. The van der Waals surface area contributed by atoms with Gasteiger partial charge in [0.05, 0.1) is 0 Å². The highest BCUT2D eigenvalue weighted by Crippen LogP contribution is 2.27. The molecule has 116 valence electrons. The zero-order chi connectivity index (χ0) is 15.5. The summed E-state index contributed by atoms with van der Waals surface area (Å²) in [5.41, 5.74) is 7.71. The molecular formula is C16H21N5O. The molecule has 1 amide bonds. The first-order chi connectivity index (χ1) is 10.6. The number of amides is 1.